The number of halogens is 1. The zero-order chi connectivity index (χ0) is 22.1. The molecule has 0 saturated carbocycles. The first-order valence-electron chi connectivity index (χ1n) is 9.85. The third kappa shape index (κ3) is 7.37. The maximum atomic E-state index is 13.2. The standard InChI is InChI=1S/C23H29FN2O3S/c1-16(2)25-23(28)17(3)26(13-18-5-9-20(24)10-6-18)22(27)15-30-14-19-7-11-21(29-4)12-8-19/h5-12,16-17H,13-15H2,1-4H3,(H,25,28)/t17-/m0/s1. The zero-order valence-electron chi connectivity index (χ0n) is 17.9. The van der Waals surface area contributed by atoms with Crippen LogP contribution in [0.4, 0.5) is 4.39 Å². The van der Waals surface area contributed by atoms with Crippen LogP contribution in [0.2, 0.25) is 0 Å². The number of benzene rings is 2. The molecule has 2 amide bonds. The fourth-order valence-electron chi connectivity index (χ4n) is 2.84. The van der Waals surface area contributed by atoms with E-state index in [2.05, 4.69) is 5.32 Å². The fraction of sp³-hybridized carbons (Fsp3) is 0.391. The summed E-state index contributed by atoms with van der Waals surface area (Å²) in [5.74, 6) is 1.02. The molecule has 1 atom stereocenters. The van der Waals surface area contributed by atoms with Gasteiger partial charge in [-0.25, -0.2) is 4.39 Å². The van der Waals surface area contributed by atoms with Gasteiger partial charge in [-0.05, 0) is 56.2 Å². The van der Waals surface area contributed by atoms with Crippen LogP contribution in [0.3, 0.4) is 0 Å². The van der Waals surface area contributed by atoms with Gasteiger partial charge in [0.25, 0.3) is 0 Å². The van der Waals surface area contributed by atoms with Gasteiger partial charge in [0.15, 0.2) is 0 Å². The van der Waals surface area contributed by atoms with Gasteiger partial charge in [0.1, 0.15) is 17.6 Å². The van der Waals surface area contributed by atoms with E-state index in [1.54, 1.807) is 31.1 Å². The van der Waals surface area contributed by atoms with Crippen LogP contribution in [0.25, 0.3) is 0 Å². The average Bonchev–Trinajstić information content (AvgIpc) is 2.72. The predicted octanol–water partition coefficient (Wildman–Crippen LogP) is 4.01. The Bertz CT molecular complexity index is 825. The number of nitrogens with one attached hydrogen (secondary N) is 1. The molecule has 0 unspecified atom stereocenters. The Hall–Kier alpha value is -2.54. The summed E-state index contributed by atoms with van der Waals surface area (Å²) in [7, 11) is 1.62. The van der Waals surface area contributed by atoms with E-state index in [1.165, 1.54) is 23.9 Å². The number of ether oxygens (including phenoxy) is 1. The van der Waals surface area contributed by atoms with Crippen LogP contribution in [0.1, 0.15) is 31.9 Å². The van der Waals surface area contributed by atoms with E-state index in [0.29, 0.717) is 5.75 Å². The Morgan fingerprint density at radius 3 is 2.20 bits per heavy atom. The summed E-state index contributed by atoms with van der Waals surface area (Å²) in [6.45, 7) is 5.71. The van der Waals surface area contributed by atoms with E-state index in [9.17, 15) is 14.0 Å². The third-order valence-electron chi connectivity index (χ3n) is 4.52. The van der Waals surface area contributed by atoms with Crippen LogP contribution < -0.4 is 10.1 Å². The molecule has 1 N–H and O–H groups in total. The van der Waals surface area contributed by atoms with Crippen LogP contribution >= 0.6 is 11.8 Å². The molecule has 2 aromatic rings. The van der Waals surface area contributed by atoms with Gasteiger partial charge in [-0.15, -0.1) is 11.8 Å². The predicted molar refractivity (Wildman–Crippen MR) is 119 cm³/mol. The van der Waals surface area contributed by atoms with Gasteiger partial charge in [0.2, 0.25) is 11.8 Å². The highest BCUT2D eigenvalue weighted by atomic mass is 32.2. The molecule has 0 aliphatic heterocycles. The van der Waals surface area contributed by atoms with Crippen LogP contribution in [-0.4, -0.2) is 41.7 Å². The van der Waals surface area contributed by atoms with Crippen LogP contribution in [0, 0.1) is 5.82 Å². The van der Waals surface area contributed by atoms with E-state index < -0.39 is 6.04 Å². The summed E-state index contributed by atoms with van der Waals surface area (Å²) >= 11 is 1.49. The number of hydrogen-bond donors (Lipinski definition) is 1. The van der Waals surface area contributed by atoms with E-state index in [-0.39, 0.29) is 36.0 Å². The number of hydrogen-bond acceptors (Lipinski definition) is 4. The van der Waals surface area contributed by atoms with E-state index in [4.69, 9.17) is 4.74 Å². The highest BCUT2D eigenvalue weighted by molar-refractivity contribution is 7.99. The molecule has 0 aliphatic carbocycles. The Morgan fingerprint density at radius 1 is 1.03 bits per heavy atom. The fourth-order valence-corrected chi connectivity index (χ4v) is 3.71. The first kappa shape index (κ1) is 23.7. The second-order valence-electron chi connectivity index (χ2n) is 7.33. The maximum Gasteiger partial charge on any atom is 0.242 e. The molecule has 7 heteroatoms. The highest BCUT2D eigenvalue weighted by Crippen LogP contribution is 2.18. The van der Waals surface area contributed by atoms with Gasteiger partial charge in [-0.1, -0.05) is 24.3 Å². The van der Waals surface area contributed by atoms with Crippen LogP contribution in [-0.2, 0) is 21.9 Å². The van der Waals surface area contributed by atoms with E-state index in [1.807, 2.05) is 38.1 Å². The number of rotatable bonds is 10. The molecule has 2 aromatic carbocycles. The Balaban J connectivity index is 2.04. The summed E-state index contributed by atoms with van der Waals surface area (Å²) in [5.41, 5.74) is 1.86. The minimum atomic E-state index is -0.633. The molecule has 0 saturated heterocycles. The van der Waals surface area contributed by atoms with Crippen molar-refractivity contribution in [1.82, 2.24) is 10.2 Å². The molecule has 0 aromatic heterocycles. The quantitative estimate of drug-likeness (QED) is 0.616. The van der Waals surface area contributed by atoms with Gasteiger partial charge < -0.3 is 15.0 Å². The molecule has 0 spiro atoms. The van der Waals surface area contributed by atoms with Gasteiger partial charge >= 0.3 is 0 Å². The summed E-state index contributed by atoms with van der Waals surface area (Å²) in [5, 5.41) is 2.85. The molecule has 2 rings (SSSR count). The van der Waals surface area contributed by atoms with E-state index >= 15 is 0 Å². The van der Waals surface area contributed by atoms with Gasteiger partial charge in [0.05, 0.1) is 12.9 Å². The molecule has 162 valence electrons. The molecule has 30 heavy (non-hydrogen) atoms. The van der Waals surface area contributed by atoms with Crippen molar-refractivity contribution >= 4 is 23.6 Å². The summed E-state index contributed by atoms with van der Waals surface area (Å²) < 4.78 is 18.4. The zero-order valence-corrected chi connectivity index (χ0v) is 18.7. The number of nitrogens with zero attached hydrogens (tertiary/aromatic N) is 1. The Kier molecular flexibility index (Phi) is 9.17. The average molecular weight is 433 g/mol. The smallest absolute Gasteiger partial charge is 0.242 e. The van der Waals surface area contributed by atoms with Crippen molar-refractivity contribution in [2.24, 2.45) is 0 Å². The van der Waals surface area contributed by atoms with Gasteiger partial charge in [0, 0.05) is 18.3 Å². The van der Waals surface area contributed by atoms with Gasteiger partial charge in [-0.2, -0.15) is 0 Å². The normalized spacial score (nSPS) is 11.8. The molecule has 0 fully saturated rings. The molecule has 0 bridgehead atoms. The lowest BCUT2D eigenvalue weighted by Crippen LogP contribution is -2.49. The largest absolute Gasteiger partial charge is 0.497 e. The molecular weight excluding hydrogens is 403 g/mol. The lowest BCUT2D eigenvalue weighted by molar-refractivity contribution is -0.138. The minimum absolute atomic E-state index is 0.0211. The number of carbonyl (C=O) groups is 2. The second-order valence-corrected chi connectivity index (χ2v) is 8.31. The number of methoxy groups -OCH3 is 1. The topological polar surface area (TPSA) is 58.6 Å². The third-order valence-corrected chi connectivity index (χ3v) is 5.51. The number of carbonyl (C=O) groups excluding carboxylic acids is 2. The lowest BCUT2D eigenvalue weighted by Gasteiger charge is -2.29. The maximum absolute atomic E-state index is 13.2. The van der Waals surface area contributed by atoms with Crippen LogP contribution in [0.5, 0.6) is 5.75 Å². The summed E-state index contributed by atoms with van der Waals surface area (Å²) in [6.07, 6.45) is 0. The SMILES string of the molecule is COc1ccc(CSCC(=O)N(Cc2ccc(F)cc2)[C@@H](C)C(=O)NC(C)C)cc1. The molecule has 0 aliphatic rings. The second kappa shape index (κ2) is 11.6. The van der Waals surface area contributed by atoms with Crippen molar-refractivity contribution in [3.8, 4) is 5.75 Å². The van der Waals surface area contributed by atoms with Crippen molar-refractivity contribution in [3.05, 3.63) is 65.5 Å². The Morgan fingerprint density at radius 2 is 1.63 bits per heavy atom. The first-order valence-corrected chi connectivity index (χ1v) is 11.0. The number of amides is 2. The molecule has 5 nitrogen and oxygen atoms in total. The lowest BCUT2D eigenvalue weighted by atomic mass is 10.1. The molecular formula is C23H29FN2O3S. The molecule has 0 heterocycles. The number of thioether (sulfide) groups is 1. The Labute approximate surface area is 182 Å². The monoisotopic (exact) mass is 432 g/mol. The first-order chi connectivity index (χ1) is 14.3. The van der Waals surface area contributed by atoms with Crippen molar-refractivity contribution < 1.29 is 18.7 Å². The van der Waals surface area contributed by atoms with Crippen molar-refractivity contribution in [1.29, 1.82) is 0 Å². The summed E-state index contributed by atoms with van der Waals surface area (Å²) in [6, 6.07) is 13.0. The summed E-state index contributed by atoms with van der Waals surface area (Å²) in [4.78, 5) is 27.0. The van der Waals surface area contributed by atoms with Gasteiger partial charge in [-0.3, -0.25) is 9.59 Å². The van der Waals surface area contributed by atoms with Crippen molar-refractivity contribution in [3.63, 3.8) is 0 Å². The van der Waals surface area contributed by atoms with Crippen LogP contribution in [0.15, 0.2) is 48.5 Å². The van der Waals surface area contributed by atoms with E-state index in [0.717, 1.165) is 16.9 Å². The van der Waals surface area contributed by atoms with Crippen molar-refractivity contribution in [2.75, 3.05) is 12.9 Å². The highest BCUT2D eigenvalue weighted by Gasteiger charge is 2.26. The molecule has 0 radical (unpaired) electrons. The minimum Gasteiger partial charge on any atom is -0.497 e. The van der Waals surface area contributed by atoms with Crippen molar-refractivity contribution in [2.45, 2.75) is 45.2 Å².